The topological polar surface area (TPSA) is 6.48 Å². The van der Waals surface area contributed by atoms with Gasteiger partial charge >= 0.3 is 0 Å². The van der Waals surface area contributed by atoms with E-state index in [1.54, 1.807) is 0 Å². The molecule has 0 atom stereocenters. The maximum absolute atomic E-state index is 4.20. The van der Waals surface area contributed by atoms with Gasteiger partial charge in [-0.2, -0.15) is 0 Å². The SMILES string of the molecule is [CH2-][N+](C)(CCN(C)C)CCN(C)C. The summed E-state index contributed by atoms with van der Waals surface area (Å²) in [5.74, 6) is 0. The predicted molar refractivity (Wildman–Crippen MR) is 58.4 cm³/mol. The van der Waals surface area contributed by atoms with Crippen LogP contribution in [0.1, 0.15) is 0 Å². The third-order valence-electron chi connectivity index (χ3n) is 2.17. The zero-order valence-electron chi connectivity index (χ0n) is 9.88. The van der Waals surface area contributed by atoms with Crippen molar-refractivity contribution >= 4 is 0 Å². The van der Waals surface area contributed by atoms with Crippen molar-refractivity contribution in [2.24, 2.45) is 0 Å². The molecule has 80 valence electrons. The quantitative estimate of drug-likeness (QED) is 0.437. The number of likely N-dealkylation sites (N-methyl/N-ethyl adjacent to an activating group) is 3. The van der Waals surface area contributed by atoms with Crippen molar-refractivity contribution in [2.45, 2.75) is 0 Å². The van der Waals surface area contributed by atoms with Crippen LogP contribution in [0.3, 0.4) is 0 Å². The highest BCUT2D eigenvalue weighted by Crippen LogP contribution is 1.99. The summed E-state index contributed by atoms with van der Waals surface area (Å²) in [7, 11) is 14.8. The van der Waals surface area contributed by atoms with E-state index in [1.165, 1.54) is 0 Å². The van der Waals surface area contributed by atoms with E-state index in [0.29, 0.717) is 0 Å². The van der Waals surface area contributed by atoms with E-state index < -0.39 is 0 Å². The van der Waals surface area contributed by atoms with Gasteiger partial charge in [0.15, 0.2) is 0 Å². The molecule has 0 saturated heterocycles. The van der Waals surface area contributed by atoms with E-state index in [-0.39, 0.29) is 0 Å². The lowest BCUT2D eigenvalue weighted by atomic mass is 10.4. The second-order valence-corrected chi connectivity index (χ2v) is 4.67. The first-order valence-corrected chi connectivity index (χ1v) is 4.82. The van der Waals surface area contributed by atoms with Gasteiger partial charge in [0.1, 0.15) is 0 Å². The maximum Gasteiger partial charge on any atom is 0.0672 e. The molecule has 0 aliphatic carbocycles. The Labute approximate surface area is 83.5 Å². The first kappa shape index (κ1) is 12.9. The first-order chi connectivity index (χ1) is 5.83. The monoisotopic (exact) mass is 187 g/mol. The van der Waals surface area contributed by atoms with Gasteiger partial charge < -0.3 is 14.3 Å². The molecule has 0 unspecified atom stereocenters. The molecular weight excluding hydrogens is 162 g/mol. The van der Waals surface area contributed by atoms with Gasteiger partial charge in [0.05, 0.1) is 13.1 Å². The van der Waals surface area contributed by atoms with Crippen LogP contribution >= 0.6 is 0 Å². The molecule has 0 fully saturated rings. The summed E-state index contributed by atoms with van der Waals surface area (Å²) in [6.07, 6.45) is 0. The second-order valence-electron chi connectivity index (χ2n) is 4.67. The lowest BCUT2D eigenvalue weighted by molar-refractivity contribution is -0.864. The Morgan fingerprint density at radius 3 is 1.46 bits per heavy atom. The highest BCUT2D eigenvalue weighted by Gasteiger charge is 2.08. The summed E-state index contributed by atoms with van der Waals surface area (Å²) >= 11 is 0. The molecule has 3 heteroatoms. The predicted octanol–water partition coefficient (Wildman–Crippen LogP) is 0.348. The molecule has 3 nitrogen and oxygen atoms in total. The van der Waals surface area contributed by atoms with Gasteiger partial charge in [0.25, 0.3) is 0 Å². The molecule has 0 heterocycles. The largest absolute Gasteiger partial charge is 0.457 e. The van der Waals surface area contributed by atoms with Gasteiger partial charge in [0.2, 0.25) is 0 Å². The second kappa shape index (κ2) is 5.58. The number of nitrogens with zero attached hydrogens (tertiary/aromatic N) is 3. The Balaban J connectivity index is 3.66. The van der Waals surface area contributed by atoms with Crippen molar-refractivity contribution < 1.29 is 4.48 Å². The van der Waals surface area contributed by atoms with Gasteiger partial charge in [-0.1, -0.05) is 0 Å². The van der Waals surface area contributed by atoms with Crippen molar-refractivity contribution in [3.8, 4) is 0 Å². The molecule has 0 N–H and O–H groups in total. The highest BCUT2D eigenvalue weighted by atomic mass is 15.3. The fourth-order valence-corrected chi connectivity index (χ4v) is 0.995. The van der Waals surface area contributed by atoms with Crippen molar-refractivity contribution in [2.75, 3.05) is 61.4 Å². The van der Waals surface area contributed by atoms with Crippen molar-refractivity contribution in [3.63, 3.8) is 0 Å². The van der Waals surface area contributed by atoms with Gasteiger partial charge in [0, 0.05) is 20.1 Å². The van der Waals surface area contributed by atoms with E-state index in [9.17, 15) is 0 Å². The third kappa shape index (κ3) is 8.22. The molecule has 0 saturated carbocycles. The van der Waals surface area contributed by atoms with Crippen LogP contribution in [0.25, 0.3) is 0 Å². The summed E-state index contributed by atoms with van der Waals surface area (Å²) in [5, 5.41) is 0. The lowest BCUT2D eigenvalue weighted by Crippen LogP contribution is -2.45. The highest BCUT2D eigenvalue weighted by molar-refractivity contribution is 4.47. The molecule has 0 aliphatic rings. The summed E-state index contributed by atoms with van der Waals surface area (Å²) in [6.45, 7) is 4.43. The molecule has 0 aromatic heterocycles. The maximum atomic E-state index is 4.20. The number of quaternary nitrogens is 1. The first-order valence-electron chi connectivity index (χ1n) is 4.82. The van der Waals surface area contributed by atoms with Crippen LogP contribution in [0.4, 0.5) is 0 Å². The van der Waals surface area contributed by atoms with Crippen LogP contribution < -0.4 is 0 Å². The number of hydrogen-bond acceptors (Lipinski definition) is 2. The van der Waals surface area contributed by atoms with Crippen molar-refractivity contribution in [1.29, 1.82) is 0 Å². The summed E-state index contributed by atoms with van der Waals surface area (Å²) in [5.41, 5.74) is 0. The summed E-state index contributed by atoms with van der Waals surface area (Å²) in [4.78, 5) is 4.41. The fraction of sp³-hybridized carbons (Fsp3) is 0.900. The Kier molecular flexibility index (Phi) is 5.53. The lowest BCUT2D eigenvalue weighted by Gasteiger charge is -2.39. The van der Waals surface area contributed by atoms with E-state index in [0.717, 1.165) is 30.7 Å². The molecule has 0 rings (SSSR count). The minimum atomic E-state index is 0.857. The molecule has 13 heavy (non-hydrogen) atoms. The zero-order chi connectivity index (χ0) is 10.5. The van der Waals surface area contributed by atoms with Crippen molar-refractivity contribution in [3.05, 3.63) is 7.05 Å². The molecule has 0 amide bonds. The fourth-order valence-electron chi connectivity index (χ4n) is 0.995. The summed E-state index contributed by atoms with van der Waals surface area (Å²) < 4.78 is 0.857. The van der Waals surface area contributed by atoms with Gasteiger partial charge in [-0.05, 0) is 28.2 Å². The van der Waals surface area contributed by atoms with Crippen LogP contribution in [0.2, 0.25) is 0 Å². The van der Waals surface area contributed by atoms with Crippen LogP contribution in [0, 0.1) is 7.05 Å². The van der Waals surface area contributed by atoms with Gasteiger partial charge in [-0.25, -0.2) is 0 Å². The normalized spacial score (nSPS) is 12.9. The smallest absolute Gasteiger partial charge is 0.0672 e. The molecule has 0 spiro atoms. The van der Waals surface area contributed by atoms with E-state index in [2.05, 4.69) is 52.1 Å². The Bertz CT molecular complexity index is 116. The van der Waals surface area contributed by atoms with Gasteiger partial charge in [-0.15, -0.1) is 7.05 Å². The van der Waals surface area contributed by atoms with Crippen molar-refractivity contribution in [1.82, 2.24) is 9.80 Å². The summed E-state index contributed by atoms with van der Waals surface area (Å²) in [6, 6.07) is 0. The molecule has 0 aromatic carbocycles. The third-order valence-corrected chi connectivity index (χ3v) is 2.17. The van der Waals surface area contributed by atoms with E-state index in [4.69, 9.17) is 0 Å². The molecule has 0 radical (unpaired) electrons. The van der Waals surface area contributed by atoms with E-state index in [1.807, 2.05) is 0 Å². The molecular formula is C10H25N3. The van der Waals surface area contributed by atoms with Gasteiger partial charge in [-0.3, -0.25) is 0 Å². The average molecular weight is 187 g/mol. The Morgan fingerprint density at radius 2 is 1.23 bits per heavy atom. The zero-order valence-corrected chi connectivity index (χ0v) is 9.88. The van der Waals surface area contributed by atoms with Crippen LogP contribution in [0.5, 0.6) is 0 Å². The van der Waals surface area contributed by atoms with Crippen LogP contribution in [-0.2, 0) is 0 Å². The molecule has 0 bridgehead atoms. The van der Waals surface area contributed by atoms with Crippen LogP contribution in [0.15, 0.2) is 0 Å². The number of rotatable bonds is 6. The Hall–Kier alpha value is -0.120. The molecule has 0 aliphatic heterocycles. The minimum Gasteiger partial charge on any atom is -0.457 e. The van der Waals surface area contributed by atoms with E-state index >= 15 is 0 Å². The average Bonchev–Trinajstić information content (AvgIpc) is 1.98. The minimum absolute atomic E-state index is 0.857. The molecule has 0 aromatic rings. The van der Waals surface area contributed by atoms with Crippen LogP contribution in [-0.4, -0.2) is 75.7 Å². The number of hydrogen-bond donors (Lipinski definition) is 0. The Morgan fingerprint density at radius 1 is 0.923 bits per heavy atom. The standard InChI is InChI=1S/C10H25N3/c1-11(2)7-9-13(5,6)10-8-12(3)4/h5,7-10H2,1-4,6H3.